The monoisotopic (exact) mass is 408 g/mol. The molecule has 138 valence electrons. The van der Waals surface area contributed by atoms with E-state index in [1.807, 2.05) is 0 Å². The van der Waals surface area contributed by atoms with Gasteiger partial charge in [-0.3, -0.25) is 0 Å². The standard InChI is InChI=1S/C24H24S3/c1-22(19-13-7-4-8-14-19)25-23(2,20-15-9-5-10-16-20)27-24(3,26-22)21-17-11-6-12-18-21/h4-18H,1-3H3. The van der Waals surface area contributed by atoms with Crippen molar-refractivity contribution in [1.82, 2.24) is 0 Å². The number of benzene rings is 3. The highest BCUT2D eigenvalue weighted by Gasteiger charge is 2.53. The summed E-state index contributed by atoms with van der Waals surface area (Å²) in [5, 5.41) is 0. The first kappa shape index (κ1) is 19.0. The van der Waals surface area contributed by atoms with Crippen LogP contribution in [0.15, 0.2) is 91.0 Å². The van der Waals surface area contributed by atoms with E-state index in [-0.39, 0.29) is 12.2 Å². The minimum atomic E-state index is -0.0400. The summed E-state index contributed by atoms with van der Waals surface area (Å²) in [4.78, 5) is 0. The fourth-order valence-electron chi connectivity index (χ4n) is 3.75. The number of thioether (sulfide) groups is 3. The first-order chi connectivity index (χ1) is 12.9. The average Bonchev–Trinajstić information content (AvgIpc) is 2.69. The normalized spacial score (nSPS) is 30.8. The molecule has 0 aromatic heterocycles. The van der Waals surface area contributed by atoms with Gasteiger partial charge in [-0.15, -0.1) is 35.3 Å². The first-order valence-electron chi connectivity index (χ1n) is 9.21. The summed E-state index contributed by atoms with van der Waals surface area (Å²) < 4.78 is -0.120. The van der Waals surface area contributed by atoms with Crippen LogP contribution in [0.2, 0.25) is 0 Å². The van der Waals surface area contributed by atoms with Gasteiger partial charge in [-0.2, -0.15) is 0 Å². The lowest BCUT2D eigenvalue weighted by molar-refractivity contribution is 0.872. The number of rotatable bonds is 3. The zero-order valence-electron chi connectivity index (χ0n) is 15.9. The van der Waals surface area contributed by atoms with E-state index in [0.717, 1.165) is 0 Å². The predicted molar refractivity (Wildman–Crippen MR) is 124 cm³/mol. The highest BCUT2D eigenvalue weighted by Crippen LogP contribution is 2.73. The van der Waals surface area contributed by atoms with Crippen molar-refractivity contribution in [2.75, 3.05) is 0 Å². The third kappa shape index (κ3) is 3.70. The van der Waals surface area contributed by atoms with Crippen LogP contribution >= 0.6 is 35.3 Å². The maximum atomic E-state index is 2.39. The van der Waals surface area contributed by atoms with E-state index >= 15 is 0 Å². The van der Waals surface area contributed by atoms with Crippen molar-refractivity contribution >= 4 is 35.3 Å². The van der Waals surface area contributed by atoms with E-state index in [2.05, 4.69) is 147 Å². The molecule has 3 aromatic carbocycles. The Morgan fingerprint density at radius 3 is 0.852 bits per heavy atom. The van der Waals surface area contributed by atoms with Gasteiger partial charge in [0.2, 0.25) is 0 Å². The lowest BCUT2D eigenvalue weighted by atomic mass is 10.1. The SMILES string of the molecule is CC1(c2ccccc2)SC(C)(c2ccccc2)SC(C)(c2ccccc2)S1. The molecule has 0 spiro atoms. The molecule has 4 rings (SSSR count). The zero-order valence-corrected chi connectivity index (χ0v) is 18.3. The fraction of sp³-hybridized carbons (Fsp3) is 0.250. The maximum Gasteiger partial charge on any atom is 0.0866 e. The molecular formula is C24H24S3. The van der Waals surface area contributed by atoms with Crippen molar-refractivity contribution in [2.24, 2.45) is 0 Å². The van der Waals surface area contributed by atoms with Crippen LogP contribution in [0.5, 0.6) is 0 Å². The van der Waals surface area contributed by atoms with Crippen LogP contribution < -0.4 is 0 Å². The van der Waals surface area contributed by atoms with E-state index in [4.69, 9.17) is 0 Å². The Morgan fingerprint density at radius 2 is 0.630 bits per heavy atom. The van der Waals surface area contributed by atoms with Crippen molar-refractivity contribution in [2.45, 2.75) is 33.0 Å². The highest BCUT2D eigenvalue weighted by molar-refractivity contribution is 8.34. The lowest BCUT2D eigenvalue weighted by Gasteiger charge is -2.52. The summed E-state index contributed by atoms with van der Waals surface area (Å²) in [5.74, 6) is 0. The van der Waals surface area contributed by atoms with Gasteiger partial charge in [-0.25, -0.2) is 0 Å². The van der Waals surface area contributed by atoms with E-state index in [1.165, 1.54) is 16.7 Å². The maximum absolute atomic E-state index is 2.39. The Labute approximate surface area is 175 Å². The van der Waals surface area contributed by atoms with Crippen molar-refractivity contribution < 1.29 is 0 Å². The molecule has 0 atom stereocenters. The number of hydrogen-bond donors (Lipinski definition) is 0. The molecule has 0 radical (unpaired) electrons. The van der Waals surface area contributed by atoms with Crippen LogP contribution in [0.4, 0.5) is 0 Å². The second kappa shape index (κ2) is 7.27. The summed E-state index contributed by atoms with van der Waals surface area (Å²) in [6.45, 7) is 7.17. The molecule has 1 heterocycles. The Morgan fingerprint density at radius 1 is 0.407 bits per heavy atom. The second-order valence-corrected chi connectivity index (χ2v) is 13.5. The summed E-state index contributed by atoms with van der Waals surface area (Å²) in [5.41, 5.74) is 4.14. The van der Waals surface area contributed by atoms with Crippen LogP contribution in [0.25, 0.3) is 0 Å². The van der Waals surface area contributed by atoms with Gasteiger partial charge in [-0.05, 0) is 37.5 Å². The van der Waals surface area contributed by atoms with Crippen molar-refractivity contribution in [3.63, 3.8) is 0 Å². The average molecular weight is 409 g/mol. The largest absolute Gasteiger partial charge is 0.117 e. The molecule has 0 saturated carbocycles. The van der Waals surface area contributed by atoms with Crippen LogP contribution in [0.1, 0.15) is 37.5 Å². The smallest absolute Gasteiger partial charge is 0.0866 e. The molecule has 0 aliphatic carbocycles. The molecular weight excluding hydrogens is 384 g/mol. The molecule has 0 bridgehead atoms. The van der Waals surface area contributed by atoms with Gasteiger partial charge >= 0.3 is 0 Å². The van der Waals surface area contributed by atoms with Gasteiger partial charge in [0.05, 0.1) is 12.2 Å². The summed E-state index contributed by atoms with van der Waals surface area (Å²) in [7, 11) is 0. The lowest BCUT2D eigenvalue weighted by Crippen LogP contribution is -2.36. The van der Waals surface area contributed by atoms with E-state index < -0.39 is 0 Å². The molecule has 3 heteroatoms. The van der Waals surface area contributed by atoms with E-state index in [9.17, 15) is 0 Å². The molecule has 0 N–H and O–H groups in total. The molecule has 0 nitrogen and oxygen atoms in total. The summed E-state index contributed by atoms with van der Waals surface area (Å²) in [6, 6.07) is 32.9. The van der Waals surface area contributed by atoms with Crippen molar-refractivity contribution in [3.8, 4) is 0 Å². The minimum absolute atomic E-state index is 0.0400. The van der Waals surface area contributed by atoms with Gasteiger partial charge < -0.3 is 0 Å². The zero-order chi connectivity index (χ0) is 19.0. The third-order valence-corrected chi connectivity index (χ3v) is 10.3. The van der Waals surface area contributed by atoms with E-state index in [0.29, 0.717) is 0 Å². The van der Waals surface area contributed by atoms with Crippen molar-refractivity contribution in [3.05, 3.63) is 108 Å². The minimum Gasteiger partial charge on any atom is -0.117 e. The number of hydrogen-bond acceptors (Lipinski definition) is 3. The molecule has 1 aliphatic rings. The Kier molecular flexibility index (Phi) is 5.13. The Bertz CT molecular complexity index is 762. The fourth-order valence-corrected chi connectivity index (χ4v) is 11.5. The van der Waals surface area contributed by atoms with Gasteiger partial charge in [0.1, 0.15) is 0 Å². The van der Waals surface area contributed by atoms with Crippen LogP contribution in [-0.4, -0.2) is 0 Å². The van der Waals surface area contributed by atoms with Crippen LogP contribution in [-0.2, 0) is 12.2 Å². The van der Waals surface area contributed by atoms with Crippen LogP contribution in [0.3, 0.4) is 0 Å². The molecule has 0 amide bonds. The Balaban J connectivity index is 1.85. The topological polar surface area (TPSA) is 0 Å². The summed E-state index contributed by atoms with van der Waals surface area (Å²) >= 11 is 6.20. The molecule has 3 aromatic rings. The molecule has 27 heavy (non-hydrogen) atoms. The highest BCUT2D eigenvalue weighted by atomic mass is 32.3. The van der Waals surface area contributed by atoms with Gasteiger partial charge in [0.25, 0.3) is 0 Å². The molecule has 1 fully saturated rings. The van der Waals surface area contributed by atoms with Crippen molar-refractivity contribution in [1.29, 1.82) is 0 Å². The second-order valence-electron chi connectivity index (χ2n) is 7.24. The Hall–Kier alpha value is -1.29. The van der Waals surface area contributed by atoms with Crippen LogP contribution in [0, 0.1) is 0 Å². The molecule has 0 unspecified atom stereocenters. The van der Waals surface area contributed by atoms with Gasteiger partial charge in [0, 0.05) is 0 Å². The van der Waals surface area contributed by atoms with Gasteiger partial charge in [0.15, 0.2) is 0 Å². The third-order valence-electron chi connectivity index (χ3n) is 5.06. The quantitative estimate of drug-likeness (QED) is 0.433. The molecule has 1 saturated heterocycles. The van der Waals surface area contributed by atoms with Gasteiger partial charge in [-0.1, -0.05) is 91.0 Å². The first-order valence-corrected chi connectivity index (χ1v) is 11.7. The van der Waals surface area contributed by atoms with E-state index in [1.54, 1.807) is 0 Å². The predicted octanol–water partition coefficient (Wildman–Crippen LogP) is 7.82. The summed E-state index contributed by atoms with van der Waals surface area (Å²) in [6.07, 6.45) is 0. The molecule has 1 aliphatic heterocycles.